The fourth-order valence-corrected chi connectivity index (χ4v) is 2.03. The highest BCUT2D eigenvalue weighted by Gasteiger charge is 2.10. The van der Waals surface area contributed by atoms with Crippen LogP contribution in [0.3, 0.4) is 0 Å². The second-order valence-electron chi connectivity index (χ2n) is 4.68. The molecule has 7 nitrogen and oxygen atoms in total. The Morgan fingerprint density at radius 3 is 2.61 bits per heavy atom. The zero-order valence-electron chi connectivity index (χ0n) is 12.0. The van der Waals surface area contributed by atoms with Gasteiger partial charge in [-0.15, -0.1) is 0 Å². The number of pyridine rings is 1. The number of carbonyl (C=O) groups excluding carboxylic acids is 1. The first-order chi connectivity index (χ1) is 11.2. The number of nitrogens with two attached hydrogens (primary N) is 1. The molecule has 0 bridgehead atoms. The number of anilines is 2. The average molecular weight is 304 g/mol. The predicted molar refractivity (Wildman–Crippen MR) is 84.9 cm³/mol. The van der Waals surface area contributed by atoms with E-state index in [0.29, 0.717) is 22.6 Å². The van der Waals surface area contributed by atoms with E-state index in [1.54, 1.807) is 48.7 Å². The Morgan fingerprint density at radius 1 is 1.22 bits per heavy atom. The van der Waals surface area contributed by atoms with Crippen LogP contribution in [0.4, 0.5) is 11.5 Å². The Bertz CT molecular complexity index is 877. The third-order valence-corrected chi connectivity index (χ3v) is 3.19. The van der Waals surface area contributed by atoms with E-state index in [1.807, 2.05) is 6.07 Å². The Labute approximate surface area is 132 Å². The Balaban J connectivity index is 1.79. The first kappa shape index (κ1) is 14.3. The molecule has 3 rings (SSSR count). The van der Waals surface area contributed by atoms with Gasteiger partial charge in [0.15, 0.2) is 0 Å². The minimum atomic E-state index is -0.288. The smallest absolute Gasteiger partial charge is 0.274 e. The number of nitrogen functional groups attached to an aromatic ring is 1. The first-order valence-electron chi connectivity index (χ1n) is 6.75. The number of amides is 1. The zero-order valence-corrected chi connectivity index (χ0v) is 12.0. The molecule has 0 radical (unpaired) electrons. The number of hydrogen-bond acceptors (Lipinski definition) is 5. The maximum absolute atomic E-state index is 12.0. The molecule has 112 valence electrons. The Kier molecular flexibility index (Phi) is 3.72. The third-order valence-electron chi connectivity index (χ3n) is 3.19. The minimum Gasteiger partial charge on any atom is -0.382 e. The van der Waals surface area contributed by atoms with Crippen molar-refractivity contribution in [2.75, 3.05) is 11.1 Å². The number of nitrogens with one attached hydrogen (secondary N) is 1. The van der Waals surface area contributed by atoms with Gasteiger partial charge in [0.25, 0.3) is 5.91 Å². The van der Waals surface area contributed by atoms with E-state index in [2.05, 4.69) is 15.4 Å². The molecule has 0 saturated carbocycles. The summed E-state index contributed by atoms with van der Waals surface area (Å²) >= 11 is 0. The van der Waals surface area contributed by atoms with E-state index >= 15 is 0 Å². The largest absolute Gasteiger partial charge is 0.382 e. The lowest BCUT2D eigenvalue weighted by molar-refractivity contribution is 0.102. The van der Waals surface area contributed by atoms with Gasteiger partial charge in [-0.25, -0.2) is 4.68 Å². The maximum Gasteiger partial charge on any atom is 0.274 e. The molecule has 0 atom stereocenters. The van der Waals surface area contributed by atoms with Gasteiger partial charge in [-0.2, -0.15) is 10.4 Å². The van der Waals surface area contributed by atoms with Crippen molar-refractivity contribution in [3.8, 4) is 11.8 Å². The highest BCUT2D eigenvalue weighted by molar-refractivity contribution is 6.02. The monoisotopic (exact) mass is 304 g/mol. The molecule has 3 N–H and O–H groups in total. The molecule has 0 fully saturated rings. The van der Waals surface area contributed by atoms with Crippen LogP contribution in [-0.4, -0.2) is 20.7 Å². The zero-order chi connectivity index (χ0) is 16.2. The van der Waals surface area contributed by atoms with E-state index in [9.17, 15) is 4.79 Å². The van der Waals surface area contributed by atoms with Crippen molar-refractivity contribution < 1.29 is 4.79 Å². The number of hydrogen-bond donors (Lipinski definition) is 2. The van der Waals surface area contributed by atoms with Gasteiger partial charge in [-0.1, -0.05) is 6.07 Å². The molecule has 23 heavy (non-hydrogen) atoms. The molecule has 0 aliphatic heterocycles. The van der Waals surface area contributed by atoms with E-state index in [1.165, 1.54) is 10.9 Å². The standard InChI is InChI=1S/C16H12N6O/c17-9-11-10-20-22(15(11)18)13-6-4-12(5-7-13)21-16(23)14-3-1-2-8-19-14/h1-8,10H,18H2,(H,21,23). The van der Waals surface area contributed by atoms with Gasteiger partial charge in [0.1, 0.15) is 23.1 Å². The van der Waals surface area contributed by atoms with Crippen molar-refractivity contribution in [2.24, 2.45) is 0 Å². The van der Waals surface area contributed by atoms with Crippen LogP contribution in [0.1, 0.15) is 16.1 Å². The molecular weight excluding hydrogens is 292 g/mol. The maximum atomic E-state index is 12.0. The lowest BCUT2D eigenvalue weighted by atomic mass is 10.2. The van der Waals surface area contributed by atoms with Crippen LogP contribution in [0.2, 0.25) is 0 Å². The summed E-state index contributed by atoms with van der Waals surface area (Å²) in [6, 6.07) is 14.0. The first-order valence-corrected chi connectivity index (χ1v) is 6.75. The number of benzene rings is 1. The summed E-state index contributed by atoms with van der Waals surface area (Å²) in [6.07, 6.45) is 2.97. The lowest BCUT2D eigenvalue weighted by Crippen LogP contribution is -2.13. The van der Waals surface area contributed by atoms with Gasteiger partial charge in [0.2, 0.25) is 0 Å². The molecule has 1 aromatic carbocycles. The Morgan fingerprint density at radius 2 is 2.00 bits per heavy atom. The SMILES string of the molecule is N#Cc1cnn(-c2ccc(NC(=O)c3ccccn3)cc2)c1N. The molecule has 3 aromatic rings. The van der Waals surface area contributed by atoms with Gasteiger partial charge in [-0.05, 0) is 36.4 Å². The molecule has 0 saturated heterocycles. The number of nitrogens with zero attached hydrogens (tertiary/aromatic N) is 4. The molecule has 0 spiro atoms. The van der Waals surface area contributed by atoms with Gasteiger partial charge >= 0.3 is 0 Å². The van der Waals surface area contributed by atoms with Crippen LogP contribution in [-0.2, 0) is 0 Å². The van der Waals surface area contributed by atoms with E-state index < -0.39 is 0 Å². The summed E-state index contributed by atoms with van der Waals surface area (Å²) in [6.45, 7) is 0. The highest BCUT2D eigenvalue weighted by Crippen LogP contribution is 2.18. The number of rotatable bonds is 3. The quantitative estimate of drug-likeness (QED) is 0.768. The van der Waals surface area contributed by atoms with Crippen molar-refractivity contribution in [1.82, 2.24) is 14.8 Å². The van der Waals surface area contributed by atoms with E-state index in [-0.39, 0.29) is 11.7 Å². The lowest BCUT2D eigenvalue weighted by Gasteiger charge is -2.07. The molecule has 1 amide bonds. The highest BCUT2D eigenvalue weighted by atomic mass is 16.1. The van der Waals surface area contributed by atoms with Crippen molar-refractivity contribution in [1.29, 1.82) is 5.26 Å². The number of nitriles is 1. The van der Waals surface area contributed by atoms with Gasteiger partial charge in [0, 0.05) is 11.9 Å². The summed E-state index contributed by atoms with van der Waals surface area (Å²) in [5, 5.41) is 15.7. The second-order valence-corrected chi connectivity index (χ2v) is 4.68. The molecule has 7 heteroatoms. The van der Waals surface area contributed by atoms with Crippen LogP contribution >= 0.6 is 0 Å². The predicted octanol–water partition coefficient (Wildman–Crippen LogP) is 1.97. The van der Waals surface area contributed by atoms with Gasteiger partial charge in [0.05, 0.1) is 11.9 Å². The van der Waals surface area contributed by atoms with Crippen LogP contribution in [0.15, 0.2) is 54.9 Å². The average Bonchev–Trinajstić information content (AvgIpc) is 2.97. The molecule has 0 unspecified atom stereocenters. The number of aromatic nitrogens is 3. The summed E-state index contributed by atoms with van der Waals surface area (Å²) in [5.41, 5.74) is 7.81. The van der Waals surface area contributed by atoms with Crippen molar-refractivity contribution in [2.45, 2.75) is 0 Å². The van der Waals surface area contributed by atoms with Gasteiger partial charge < -0.3 is 11.1 Å². The fraction of sp³-hybridized carbons (Fsp3) is 0. The second kappa shape index (κ2) is 5.99. The van der Waals surface area contributed by atoms with E-state index in [4.69, 9.17) is 11.0 Å². The van der Waals surface area contributed by atoms with Crippen LogP contribution in [0.25, 0.3) is 5.69 Å². The minimum absolute atomic E-state index is 0.276. The third kappa shape index (κ3) is 2.87. The van der Waals surface area contributed by atoms with Crippen molar-refractivity contribution >= 4 is 17.4 Å². The molecular formula is C16H12N6O. The normalized spacial score (nSPS) is 10.0. The molecule has 2 aromatic heterocycles. The fourth-order valence-electron chi connectivity index (χ4n) is 2.03. The number of carbonyl (C=O) groups is 1. The summed E-state index contributed by atoms with van der Waals surface area (Å²) in [5.74, 6) is -0.0125. The summed E-state index contributed by atoms with van der Waals surface area (Å²) in [7, 11) is 0. The van der Waals surface area contributed by atoms with Gasteiger partial charge in [-0.3, -0.25) is 9.78 Å². The topological polar surface area (TPSA) is 110 Å². The van der Waals surface area contributed by atoms with E-state index in [0.717, 1.165) is 0 Å². The Hall–Kier alpha value is -3.66. The molecule has 0 aliphatic rings. The summed E-state index contributed by atoms with van der Waals surface area (Å²) < 4.78 is 1.46. The molecule has 2 heterocycles. The van der Waals surface area contributed by atoms with Crippen LogP contribution < -0.4 is 11.1 Å². The van der Waals surface area contributed by atoms with Crippen LogP contribution in [0.5, 0.6) is 0 Å². The van der Waals surface area contributed by atoms with Crippen molar-refractivity contribution in [3.63, 3.8) is 0 Å². The van der Waals surface area contributed by atoms with Crippen LogP contribution in [0, 0.1) is 11.3 Å². The molecule has 0 aliphatic carbocycles. The van der Waals surface area contributed by atoms with Crippen molar-refractivity contribution in [3.05, 3.63) is 66.1 Å². The summed E-state index contributed by atoms with van der Waals surface area (Å²) in [4.78, 5) is 16.0.